The van der Waals surface area contributed by atoms with Crippen molar-refractivity contribution in [2.45, 2.75) is 13.5 Å². The third-order valence-electron chi connectivity index (χ3n) is 3.60. The van der Waals surface area contributed by atoms with E-state index in [-0.39, 0.29) is 23.6 Å². The molecular weight excluding hydrogens is 269 g/mol. The summed E-state index contributed by atoms with van der Waals surface area (Å²) in [5, 5.41) is 0.392. The molecule has 1 aromatic carbocycles. The van der Waals surface area contributed by atoms with Gasteiger partial charge in [0.2, 0.25) is 0 Å². The van der Waals surface area contributed by atoms with Crippen LogP contribution >= 0.6 is 11.6 Å². The van der Waals surface area contributed by atoms with E-state index in [1.165, 1.54) is 13.2 Å². The van der Waals surface area contributed by atoms with Crippen LogP contribution in [0.2, 0.25) is 5.02 Å². The first-order valence-electron chi connectivity index (χ1n) is 6.25. The van der Waals surface area contributed by atoms with Crippen LogP contribution in [0.5, 0.6) is 0 Å². The van der Waals surface area contributed by atoms with Crippen LogP contribution in [0.25, 0.3) is 0 Å². The van der Waals surface area contributed by atoms with Gasteiger partial charge in [0.25, 0.3) is 0 Å². The zero-order valence-corrected chi connectivity index (χ0v) is 11.8. The molecule has 1 heterocycles. The molecule has 1 aliphatic rings. The van der Waals surface area contributed by atoms with Crippen molar-refractivity contribution < 1.29 is 13.9 Å². The SMILES string of the molecule is COC(=O)C1CN(Cc2ccc(Cl)cc2F)CC1C. The third-order valence-corrected chi connectivity index (χ3v) is 3.84. The Morgan fingerprint density at radius 3 is 2.89 bits per heavy atom. The second-order valence-corrected chi connectivity index (χ2v) is 5.47. The molecule has 3 nitrogen and oxygen atoms in total. The molecule has 0 aromatic heterocycles. The van der Waals surface area contributed by atoms with Gasteiger partial charge in [0.05, 0.1) is 13.0 Å². The smallest absolute Gasteiger partial charge is 0.310 e. The van der Waals surface area contributed by atoms with Gasteiger partial charge in [0.15, 0.2) is 0 Å². The number of carbonyl (C=O) groups excluding carboxylic acids is 1. The fourth-order valence-electron chi connectivity index (χ4n) is 2.55. The highest BCUT2D eigenvalue weighted by atomic mass is 35.5. The van der Waals surface area contributed by atoms with Crippen LogP contribution in [0.15, 0.2) is 18.2 Å². The average molecular weight is 286 g/mol. The van der Waals surface area contributed by atoms with Gasteiger partial charge in [0, 0.05) is 30.2 Å². The number of methoxy groups -OCH3 is 1. The van der Waals surface area contributed by atoms with E-state index in [9.17, 15) is 9.18 Å². The van der Waals surface area contributed by atoms with E-state index in [1.54, 1.807) is 12.1 Å². The minimum absolute atomic E-state index is 0.125. The number of likely N-dealkylation sites (tertiary alicyclic amines) is 1. The zero-order chi connectivity index (χ0) is 14.0. The van der Waals surface area contributed by atoms with Crippen molar-refractivity contribution in [3.05, 3.63) is 34.6 Å². The third kappa shape index (κ3) is 3.25. The normalized spacial score (nSPS) is 23.6. The molecule has 5 heteroatoms. The Kier molecular flexibility index (Phi) is 4.42. The fourth-order valence-corrected chi connectivity index (χ4v) is 2.70. The molecule has 0 radical (unpaired) electrons. The van der Waals surface area contributed by atoms with Gasteiger partial charge >= 0.3 is 5.97 Å². The summed E-state index contributed by atoms with van der Waals surface area (Å²) in [4.78, 5) is 13.7. The lowest BCUT2D eigenvalue weighted by Crippen LogP contribution is -2.24. The Balaban J connectivity index is 2.03. The van der Waals surface area contributed by atoms with E-state index >= 15 is 0 Å². The van der Waals surface area contributed by atoms with Crippen molar-refractivity contribution in [2.75, 3.05) is 20.2 Å². The average Bonchev–Trinajstić information content (AvgIpc) is 2.73. The van der Waals surface area contributed by atoms with E-state index in [0.717, 1.165) is 6.54 Å². The minimum Gasteiger partial charge on any atom is -0.469 e. The maximum absolute atomic E-state index is 13.7. The summed E-state index contributed by atoms with van der Waals surface area (Å²) in [6.45, 7) is 3.87. The molecule has 0 N–H and O–H groups in total. The van der Waals surface area contributed by atoms with Gasteiger partial charge in [-0.2, -0.15) is 0 Å². The topological polar surface area (TPSA) is 29.5 Å². The molecular formula is C14H17ClFNO2. The second-order valence-electron chi connectivity index (χ2n) is 5.04. The predicted molar refractivity (Wildman–Crippen MR) is 71.4 cm³/mol. The molecule has 0 spiro atoms. The van der Waals surface area contributed by atoms with Crippen molar-refractivity contribution in [3.8, 4) is 0 Å². The van der Waals surface area contributed by atoms with Crippen LogP contribution in [0, 0.1) is 17.7 Å². The summed E-state index contributed by atoms with van der Waals surface area (Å²) in [5.41, 5.74) is 0.599. The Labute approximate surface area is 117 Å². The van der Waals surface area contributed by atoms with Crippen LogP contribution < -0.4 is 0 Å². The van der Waals surface area contributed by atoms with Crippen molar-refractivity contribution in [1.82, 2.24) is 4.90 Å². The number of carbonyl (C=O) groups is 1. The lowest BCUT2D eigenvalue weighted by atomic mass is 9.99. The lowest BCUT2D eigenvalue weighted by Gasteiger charge is -2.16. The molecule has 1 aromatic rings. The number of benzene rings is 1. The molecule has 0 bridgehead atoms. The van der Waals surface area contributed by atoms with Crippen LogP contribution in [-0.2, 0) is 16.1 Å². The monoisotopic (exact) mass is 285 g/mol. The molecule has 2 rings (SSSR count). The number of hydrogen-bond acceptors (Lipinski definition) is 3. The van der Waals surface area contributed by atoms with Crippen LogP contribution in [-0.4, -0.2) is 31.1 Å². The van der Waals surface area contributed by atoms with E-state index in [2.05, 4.69) is 4.90 Å². The number of ether oxygens (including phenoxy) is 1. The maximum atomic E-state index is 13.7. The standard InChI is InChI=1S/C14H17ClFNO2/c1-9-6-17(8-12(9)14(18)19-2)7-10-3-4-11(15)5-13(10)16/h3-5,9,12H,6-8H2,1-2H3. The Morgan fingerprint density at radius 2 is 2.26 bits per heavy atom. The molecule has 0 amide bonds. The zero-order valence-electron chi connectivity index (χ0n) is 11.0. The number of esters is 1. The summed E-state index contributed by atoms with van der Waals surface area (Å²) in [6, 6.07) is 4.68. The van der Waals surface area contributed by atoms with Crippen LogP contribution in [0.4, 0.5) is 4.39 Å². The predicted octanol–water partition coefficient (Wildman–Crippen LogP) is 2.72. The van der Waals surface area contributed by atoms with E-state index in [0.29, 0.717) is 23.7 Å². The highest BCUT2D eigenvalue weighted by molar-refractivity contribution is 6.30. The van der Waals surface area contributed by atoms with Gasteiger partial charge in [-0.25, -0.2) is 4.39 Å². The lowest BCUT2D eigenvalue weighted by molar-refractivity contribution is -0.146. The van der Waals surface area contributed by atoms with Gasteiger partial charge in [-0.05, 0) is 18.1 Å². The molecule has 0 saturated carbocycles. The first-order chi connectivity index (χ1) is 9.01. The number of nitrogens with zero attached hydrogens (tertiary/aromatic N) is 1. The largest absolute Gasteiger partial charge is 0.469 e. The van der Waals surface area contributed by atoms with Crippen molar-refractivity contribution in [1.29, 1.82) is 0 Å². The first-order valence-corrected chi connectivity index (χ1v) is 6.63. The van der Waals surface area contributed by atoms with Gasteiger partial charge in [-0.15, -0.1) is 0 Å². The van der Waals surface area contributed by atoms with Gasteiger partial charge in [-0.1, -0.05) is 24.6 Å². The van der Waals surface area contributed by atoms with Crippen LogP contribution in [0.3, 0.4) is 0 Å². The first kappa shape index (κ1) is 14.3. The molecule has 2 atom stereocenters. The molecule has 0 aliphatic carbocycles. The van der Waals surface area contributed by atoms with E-state index in [4.69, 9.17) is 16.3 Å². The fraction of sp³-hybridized carbons (Fsp3) is 0.500. The molecule has 104 valence electrons. The Hall–Kier alpha value is -1.13. The summed E-state index contributed by atoms with van der Waals surface area (Å²) in [6.07, 6.45) is 0. The molecule has 1 aliphatic heterocycles. The van der Waals surface area contributed by atoms with Gasteiger partial charge in [-0.3, -0.25) is 9.69 Å². The molecule has 1 fully saturated rings. The van der Waals surface area contributed by atoms with Crippen molar-refractivity contribution in [2.24, 2.45) is 11.8 Å². The van der Waals surface area contributed by atoms with Crippen molar-refractivity contribution >= 4 is 17.6 Å². The number of hydrogen-bond donors (Lipinski definition) is 0. The number of halogens is 2. The van der Waals surface area contributed by atoms with Gasteiger partial charge in [0.1, 0.15) is 5.82 Å². The molecule has 19 heavy (non-hydrogen) atoms. The summed E-state index contributed by atoms with van der Waals surface area (Å²) >= 11 is 5.73. The maximum Gasteiger partial charge on any atom is 0.310 e. The molecule has 2 unspecified atom stereocenters. The highest BCUT2D eigenvalue weighted by Gasteiger charge is 2.35. The second kappa shape index (κ2) is 5.88. The highest BCUT2D eigenvalue weighted by Crippen LogP contribution is 2.26. The quantitative estimate of drug-likeness (QED) is 0.800. The van der Waals surface area contributed by atoms with E-state index < -0.39 is 0 Å². The molecule has 1 saturated heterocycles. The minimum atomic E-state index is -0.304. The Morgan fingerprint density at radius 1 is 1.53 bits per heavy atom. The van der Waals surface area contributed by atoms with Crippen molar-refractivity contribution in [3.63, 3.8) is 0 Å². The number of rotatable bonds is 3. The van der Waals surface area contributed by atoms with Crippen LogP contribution in [0.1, 0.15) is 12.5 Å². The Bertz CT molecular complexity index is 481. The summed E-state index contributed by atoms with van der Waals surface area (Å²) < 4.78 is 18.5. The summed E-state index contributed by atoms with van der Waals surface area (Å²) in [7, 11) is 1.40. The summed E-state index contributed by atoms with van der Waals surface area (Å²) in [5.74, 6) is -0.392. The van der Waals surface area contributed by atoms with E-state index in [1.807, 2.05) is 6.92 Å². The van der Waals surface area contributed by atoms with Gasteiger partial charge < -0.3 is 4.74 Å².